The van der Waals surface area contributed by atoms with Crippen LogP contribution in [0.15, 0.2) is 30.5 Å². The van der Waals surface area contributed by atoms with Crippen molar-refractivity contribution in [2.75, 3.05) is 13.1 Å². The van der Waals surface area contributed by atoms with Gasteiger partial charge in [0.15, 0.2) is 0 Å². The Morgan fingerprint density at radius 3 is 2.56 bits per heavy atom. The third-order valence-electron chi connectivity index (χ3n) is 3.88. The van der Waals surface area contributed by atoms with Gasteiger partial charge in [-0.25, -0.2) is 0 Å². The van der Waals surface area contributed by atoms with Gasteiger partial charge in [-0.3, -0.25) is 4.90 Å². The number of fused-ring (bicyclic) bond motifs is 2. The van der Waals surface area contributed by atoms with Crippen molar-refractivity contribution in [3.8, 4) is 0 Å². The van der Waals surface area contributed by atoms with Crippen molar-refractivity contribution >= 4 is 5.71 Å². The van der Waals surface area contributed by atoms with Gasteiger partial charge in [-0.1, -0.05) is 17.3 Å². The van der Waals surface area contributed by atoms with Crippen LogP contribution in [0.4, 0.5) is 0 Å². The lowest BCUT2D eigenvalue weighted by Gasteiger charge is -2.33. The fourth-order valence-corrected chi connectivity index (χ4v) is 3.31. The van der Waals surface area contributed by atoms with Crippen LogP contribution in [0.1, 0.15) is 19.3 Å². The summed E-state index contributed by atoms with van der Waals surface area (Å²) in [6.07, 6.45) is 7.46. The van der Waals surface area contributed by atoms with Gasteiger partial charge in [0, 0.05) is 19.0 Å². The molecule has 0 saturated heterocycles. The van der Waals surface area contributed by atoms with E-state index in [-0.39, 0.29) is 0 Å². The van der Waals surface area contributed by atoms with Gasteiger partial charge in [-0.15, -0.1) is 13.2 Å². The van der Waals surface area contributed by atoms with Crippen LogP contribution >= 0.6 is 0 Å². The molecule has 0 spiro atoms. The fourth-order valence-electron chi connectivity index (χ4n) is 3.31. The first-order chi connectivity index (χ1) is 7.81. The highest BCUT2D eigenvalue weighted by Crippen LogP contribution is 2.44. The number of oxime groups is 1. The SMILES string of the molecule is C=CCN(CC=C)[C@@H]1/C(=N\O)[C@H]2CC[C@@H]1C2. The first-order valence-electron chi connectivity index (χ1n) is 5.99. The van der Waals surface area contributed by atoms with Crippen LogP contribution in [0.25, 0.3) is 0 Å². The quantitative estimate of drug-likeness (QED) is 0.438. The normalized spacial score (nSPS) is 34.8. The Kier molecular flexibility index (Phi) is 3.44. The van der Waals surface area contributed by atoms with E-state index in [1.54, 1.807) is 0 Å². The van der Waals surface area contributed by atoms with Gasteiger partial charge in [-0.2, -0.15) is 0 Å². The van der Waals surface area contributed by atoms with Crippen LogP contribution in [-0.2, 0) is 0 Å². The first-order valence-corrected chi connectivity index (χ1v) is 5.99. The van der Waals surface area contributed by atoms with Crippen LogP contribution in [0.5, 0.6) is 0 Å². The molecule has 3 atom stereocenters. The van der Waals surface area contributed by atoms with Crippen molar-refractivity contribution in [3.63, 3.8) is 0 Å². The van der Waals surface area contributed by atoms with Gasteiger partial charge in [0.05, 0.1) is 11.8 Å². The molecule has 0 heterocycles. The molecule has 3 heteroatoms. The van der Waals surface area contributed by atoms with Crippen molar-refractivity contribution in [3.05, 3.63) is 25.3 Å². The number of hydrogen-bond acceptors (Lipinski definition) is 3. The highest BCUT2D eigenvalue weighted by molar-refractivity contribution is 5.94. The molecule has 0 radical (unpaired) electrons. The average Bonchev–Trinajstić information content (AvgIpc) is 2.88. The van der Waals surface area contributed by atoms with E-state index in [4.69, 9.17) is 5.21 Å². The minimum atomic E-state index is 0.305. The van der Waals surface area contributed by atoms with Gasteiger partial charge in [0.25, 0.3) is 0 Å². The topological polar surface area (TPSA) is 35.8 Å². The Bertz CT molecular complexity index is 301. The lowest BCUT2D eigenvalue weighted by Crippen LogP contribution is -2.45. The van der Waals surface area contributed by atoms with E-state index in [0.29, 0.717) is 17.9 Å². The monoisotopic (exact) mass is 220 g/mol. The molecule has 2 bridgehead atoms. The molecule has 88 valence electrons. The molecule has 0 unspecified atom stereocenters. The maximum Gasteiger partial charge on any atom is 0.0775 e. The van der Waals surface area contributed by atoms with Crippen LogP contribution in [-0.4, -0.2) is 35.0 Å². The van der Waals surface area contributed by atoms with Crippen molar-refractivity contribution in [2.24, 2.45) is 17.0 Å². The summed E-state index contributed by atoms with van der Waals surface area (Å²) in [6, 6.07) is 0.305. The Labute approximate surface area is 97.1 Å². The summed E-state index contributed by atoms with van der Waals surface area (Å²) in [4.78, 5) is 2.30. The zero-order valence-corrected chi connectivity index (χ0v) is 9.68. The summed E-state index contributed by atoms with van der Waals surface area (Å²) in [6.45, 7) is 9.24. The molecule has 0 amide bonds. The molecule has 0 aromatic heterocycles. The number of nitrogens with zero attached hydrogens (tertiary/aromatic N) is 2. The van der Waals surface area contributed by atoms with Gasteiger partial charge in [-0.05, 0) is 25.2 Å². The predicted octanol–water partition coefficient (Wildman–Crippen LogP) is 2.29. The molecule has 3 nitrogen and oxygen atoms in total. The Hall–Kier alpha value is -1.09. The highest BCUT2D eigenvalue weighted by atomic mass is 16.4. The second kappa shape index (κ2) is 4.83. The summed E-state index contributed by atoms with van der Waals surface area (Å²) < 4.78 is 0. The molecular weight excluding hydrogens is 200 g/mol. The summed E-state index contributed by atoms with van der Waals surface area (Å²) in [5.74, 6) is 1.17. The van der Waals surface area contributed by atoms with Crippen molar-refractivity contribution in [1.29, 1.82) is 0 Å². The lowest BCUT2D eigenvalue weighted by molar-refractivity contribution is 0.228. The first kappa shape index (κ1) is 11.4. The predicted molar refractivity (Wildman–Crippen MR) is 65.8 cm³/mol. The summed E-state index contributed by atoms with van der Waals surface area (Å²) in [7, 11) is 0. The van der Waals surface area contributed by atoms with Crippen molar-refractivity contribution in [2.45, 2.75) is 25.3 Å². The second-order valence-corrected chi connectivity index (χ2v) is 4.77. The summed E-state index contributed by atoms with van der Waals surface area (Å²) in [5, 5.41) is 12.7. The average molecular weight is 220 g/mol. The molecule has 16 heavy (non-hydrogen) atoms. The minimum absolute atomic E-state index is 0.305. The molecule has 0 aromatic carbocycles. The maximum absolute atomic E-state index is 9.15. The number of hydrogen-bond donors (Lipinski definition) is 1. The standard InChI is InChI=1S/C13H20N2O/c1-3-7-15(8-4-2)13-11-6-5-10(9-11)12(13)14-16/h3-4,10-11,13,16H,1-2,5-9H2/b14-12-/t10-,11+,13-/m0/s1. The minimum Gasteiger partial charge on any atom is -0.411 e. The second-order valence-electron chi connectivity index (χ2n) is 4.77. The molecular formula is C13H20N2O. The molecule has 0 aromatic rings. The molecule has 1 N–H and O–H groups in total. The van der Waals surface area contributed by atoms with Gasteiger partial charge in [0.1, 0.15) is 0 Å². The van der Waals surface area contributed by atoms with E-state index in [2.05, 4.69) is 23.2 Å². The molecule has 2 saturated carbocycles. The van der Waals surface area contributed by atoms with Crippen LogP contribution in [0, 0.1) is 11.8 Å². The fraction of sp³-hybridized carbons (Fsp3) is 0.615. The van der Waals surface area contributed by atoms with Gasteiger partial charge < -0.3 is 5.21 Å². The zero-order valence-electron chi connectivity index (χ0n) is 9.68. The molecule has 2 aliphatic rings. The van der Waals surface area contributed by atoms with E-state index in [1.165, 1.54) is 19.3 Å². The maximum atomic E-state index is 9.15. The molecule has 2 aliphatic carbocycles. The summed E-state index contributed by atoms with van der Waals surface area (Å²) in [5.41, 5.74) is 0.986. The van der Waals surface area contributed by atoms with E-state index in [9.17, 15) is 0 Å². The van der Waals surface area contributed by atoms with E-state index < -0.39 is 0 Å². The highest BCUT2D eigenvalue weighted by Gasteiger charge is 2.47. The third-order valence-corrected chi connectivity index (χ3v) is 3.88. The molecule has 2 rings (SSSR count). The zero-order chi connectivity index (χ0) is 11.5. The Morgan fingerprint density at radius 1 is 1.31 bits per heavy atom. The Balaban J connectivity index is 2.16. The van der Waals surface area contributed by atoms with Crippen LogP contribution in [0.3, 0.4) is 0 Å². The van der Waals surface area contributed by atoms with E-state index in [1.807, 2.05) is 12.2 Å². The van der Waals surface area contributed by atoms with Crippen LogP contribution in [0.2, 0.25) is 0 Å². The van der Waals surface area contributed by atoms with Crippen molar-refractivity contribution < 1.29 is 5.21 Å². The Morgan fingerprint density at radius 2 is 2.00 bits per heavy atom. The van der Waals surface area contributed by atoms with Gasteiger partial charge >= 0.3 is 0 Å². The largest absolute Gasteiger partial charge is 0.411 e. The third kappa shape index (κ3) is 1.80. The lowest BCUT2D eigenvalue weighted by atomic mass is 9.92. The van der Waals surface area contributed by atoms with E-state index >= 15 is 0 Å². The summed E-state index contributed by atoms with van der Waals surface area (Å²) >= 11 is 0. The molecule has 2 fully saturated rings. The van der Waals surface area contributed by atoms with Crippen LogP contribution < -0.4 is 0 Å². The van der Waals surface area contributed by atoms with Gasteiger partial charge in [0.2, 0.25) is 0 Å². The molecule has 0 aliphatic heterocycles. The smallest absolute Gasteiger partial charge is 0.0775 e. The van der Waals surface area contributed by atoms with Crippen molar-refractivity contribution in [1.82, 2.24) is 4.90 Å². The number of rotatable bonds is 5. The van der Waals surface area contributed by atoms with E-state index in [0.717, 1.165) is 18.8 Å².